The second-order valence-corrected chi connectivity index (χ2v) is 12.1. The van der Waals surface area contributed by atoms with E-state index >= 15 is 0 Å². The maximum Gasteiger partial charge on any atom is 0.329 e. The number of nitrogens with zero attached hydrogens (tertiary/aromatic N) is 2. The molecule has 2 N–H and O–H groups in total. The summed E-state index contributed by atoms with van der Waals surface area (Å²) in [6, 6.07) is 15.0. The van der Waals surface area contributed by atoms with Gasteiger partial charge in [-0.15, -0.1) is 0 Å². The summed E-state index contributed by atoms with van der Waals surface area (Å²) in [7, 11) is -2.66. The molecule has 0 spiro atoms. The van der Waals surface area contributed by atoms with Gasteiger partial charge in [-0.1, -0.05) is 30.3 Å². The number of amides is 2. The van der Waals surface area contributed by atoms with Gasteiger partial charge in [0.05, 0.1) is 18.4 Å². The molecule has 0 saturated heterocycles. The monoisotopic (exact) mass is 616 g/mol. The van der Waals surface area contributed by atoms with Crippen molar-refractivity contribution in [2.45, 2.75) is 43.7 Å². The van der Waals surface area contributed by atoms with Crippen molar-refractivity contribution in [2.75, 3.05) is 17.3 Å². The molecule has 0 aliphatic carbocycles. The molecule has 3 aromatic rings. The average Bonchev–Trinajstić information content (AvgIpc) is 2.88. The highest BCUT2D eigenvalue weighted by atomic mass is 79.9. The Morgan fingerprint density at radius 1 is 1.08 bits per heavy atom. The number of hydrogen-bond acceptors (Lipinski definition) is 7. The highest BCUT2D eigenvalue weighted by Gasteiger charge is 2.30. The minimum absolute atomic E-state index is 0.102. The standard InChI is InChI=1S/C27H29BrN4O6S/c1-27(2,3)31-39(36,37)23-8-6-5-7-21(23)18-9-12-20(13-10-18)32(17-33)22(26(35)38-4)15-25(34)30-24-14-11-19(28)16-29-24/h5-14,16-17,22,31H,15H2,1-4H3,(H,29,30,34). The van der Waals surface area contributed by atoms with Crippen LogP contribution in [-0.4, -0.2) is 50.4 Å². The van der Waals surface area contributed by atoms with Gasteiger partial charge in [-0.25, -0.2) is 22.9 Å². The lowest BCUT2D eigenvalue weighted by molar-refractivity contribution is -0.144. The van der Waals surface area contributed by atoms with Crippen LogP contribution in [0.25, 0.3) is 11.1 Å². The highest BCUT2D eigenvalue weighted by molar-refractivity contribution is 9.10. The van der Waals surface area contributed by atoms with Crippen molar-refractivity contribution in [3.63, 3.8) is 0 Å². The van der Waals surface area contributed by atoms with E-state index in [4.69, 9.17) is 4.74 Å². The van der Waals surface area contributed by atoms with Crippen LogP contribution in [0.15, 0.2) is 76.2 Å². The fourth-order valence-corrected chi connectivity index (χ4v) is 5.66. The van der Waals surface area contributed by atoms with Gasteiger partial charge in [-0.3, -0.25) is 9.59 Å². The molecule has 12 heteroatoms. The second kappa shape index (κ2) is 12.5. The molecule has 1 aromatic heterocycles. The third-order valence-corrected chi connectivity index (χ3v) is 7.68. The number of carbonyl (C=O) groups excluding carboxylic acids is 3. The Morgan fingerprint density at radius 3 is 2.31 bits per heavy atom. The molecule has 2 aromatic carbocycles. The largest absolute Gasteiger partial charge is 0.467 e. The first-order chi connectivity index (χ1) is 18.3. The molecule has 10 nitrogen and oxygen atoms in total. The molecule has 0 bridgehead atoms. The first-order valence-electron chi connectivity index (χ1n) is 11.8. The van der Waals surface area contributed by atoms with Crippen molar-refractivity contribution in [3.8, 4) is 11.1 Å². The molecule has 1 heterocycles. The number of sulfonamides is 1. The Balaban J connectivity index is 1.88. The third kappa shape index (κ3) is 7.94. The van der Waals surface area contributed by atoms with Gasteiger partial charge in [0.1, 0.15) is 11.9 Å². The van der Waals surface area contributed by atoms with Gasteiger partial charge >= 0.3 is 5.97 Å². The molecule has 0 aliphatic rings. The smallest absolute Gasteiger partial charge is 0.329 e. The summed E-state index contributed by atoms with van der Waals surface area (Å²) in [4.78, 5) is 42.6. The Kier molecular flexibility index (Phi) is 9.59. The number of nitrogens with one attached hydrogen (secondary N) is 2. The van der Waals surface area contributed by atoms with E-state index in [1.165, 1.54) is 19.4 Å². The number of benzene rings is 2. The van der Waals surface area contributed by atoms with Gasteiger partial charge in [0.25, 0.3) is 0 Å². The summed E-state index contributed by atoms with van der Waals surface area (Å²) in [6.07, 6.45) is 1.56. The van der Waals surface area contributed by atoms with Crippen LogP contribution >= 0.6 is 15.9 Å². The van der Waals surface area contributed by atoms with Crippen molar-refractivity contribution in [3.05, 3.63) is 71.3 Å². The zero-order chi connectivity index (χ0) is 28.8. The van der Waals surface area contributed by atoms with E-state index in [-0.39, 0.29) is 17.1 Å². The zero-order valence-electron chi connectivity index (χ0n) is 21.8. The lowest BCUT2D eigenvalue weighted by Crippen LogP contribution is -2.43. The molecule has 39 heavy (non-hydrogen) atoms. The average molecular weight is 618 g/mol. The lowest BCUT2D eigenvalue weighted by atomic mass is 10.0. The predicted octanol–water partition coefficient (Wildman–Crippen LogP) is 4.12. The summed E-state index contributed by atoms with van der Waals surface area (Å²) >= 11 is 3.26. The SMILES string of the molecule is COC(=O)C(CC(=O)Nc1ccc(Br)cn1)N(C=O)c1ccc(-c2ccccc2S(=O)(=O)NC(C)(C)C)cc1. The number of anilines is 2. The van der Waals surface area contributed by atoms with Crippen molar-refractivity contribution in [1.82, 2.24) is 9.71 Å². The van der Waals surface area contributed by atoms with Crippen LogP contribution in [0.2, 0.25) is 0 Å². The number of esters is 1. The summed E-state index contributed by atoms with van der Waals surface area (Å²) in [6.45, 7) is 5.26. The van der Waals surface area contributed by atoms with Crippen LogP contribution in [0.1, 0.15) is 27.2 Å². The molecule has 2 amide bonds. The molecule has 206 valence electrons. The van der Waals surface area contributed by atoms with Crippen molar-refractivity contribution in [2.24, 2.45) is 0 Å². The highest BCUT2D eigenvalue weighted by Crippen LogP contribution is 2.30. The molecule has 1 unspecified atom stereocenters. The van der Waals surface area contributed by atoms with Crippen LogP contribution < -0.4 is 14.9 Å². The van der Waals surface area contributed by atoms with Crippen LogP contribution in [0.5, 0.6) is 0 Å². The molecular formula is C27H29BrN4O6S. The number of methoxy groups -OCH3 is 1. The Morgan fingerprint density at radius 2 is 1.74 bits per heavy atom. The summed E-state index contributed by atoms with van der Waals surface area (Å²) in [5.74, 6) is -1.05. The van der Waals surface area contributed by atoms with Crippen molar-refractivity contribution in [1.29, 1.82) is 0 Å². The van der Waals surface area contributed by atoms with Gasteiger partial charge in [-0.05, 0) is 72.6 Å². The first-order valence-corrected chi connectivity index (χ1v) is 14.1. The zero-order valence-corrected chi connectivity index (χ0v) is 24.2. The maximum absolute atomic E-state index is 13.0. The minimum atomic E-state index is -3.83. The van der Waals surface area contributed by atoms with E-state index in [1.54, 1.807) is 75.4 Å². The van der Waals surface area contributed by atoms with Gasteiger partial charge < -0.3 is 15.0 Å². The van der Waals surface area contributed by atoms with E-state index in [9.17, 15) is 22.8 Å². The third-order valence-electron chi connectivity index (χ3n) is 5.39. The number of carbonyl (C=O) groups is 3. The number of ether oxygens (including phenoxy) is 1. The predicted molar refractivity (Wildman–Crippen MR) is 151 cm³/mol. The Bertz CT molecular complexity index is 1440. The van der Waals surface area contributed by atoms with Gasteiger partial charge in [0, 0.05) is 27.5 Å². The number of halogens is 1. The minimum Gasteiger partial charge on any atom is -0.467 e. The molecule has 0 saturated carbocycles. The maximum atomic E-state index is 13.0. The molecule has 0 radical (unpaired) electrons. The van der Waals surface area contributed by atoms with E-state index in [0.717, 1.165) is 9.37 Å². The molecule has 1 atom stereocenters. The number of hydrogen-bond donors (Lipinski definition) is 2. The number of aromatic nitrogens is 1. The fourth-order valence-electron chi connectivity index (χ4n) is 3.78. The number of pyridine rings is 1. The summed E-state index contributed by atoms with van der Waals surface area (Å²) in [5, 5.41) is 2.59. The van der Waals surface area contributed by atoms with Crippen molar-refractivity contribution >= 4 is 55.7 Å². The topological polar surface area (TPSA) is 135 Å². The van der Waals surface area contributed by atoms with E-state index in [0.29, 0.717) is 23.2 Å². The van der Waals surface area contributed by atoms with E-state index in [2.05, 4.69) is 31.0 Å². The van der Waals surface area contributed by atoms with E-state index in [1.807, 2.05) is 0 Å². The van der Waals surface area contributed by atoms with E-state index < -0.39 is 33.5 Å². The van der Waals surface area contributed by atoms with Crippen LogP contribution in [0, 0.1) is 0 Å². The normalized spacial score (nSPS) is 12.3. The molecular weight excluding hydrogens is 588 g/mol. The molecule has 3 rings (SSSR count). The van der Waals surface area contributed by atoms with Crippen LogP contribution in [-0.2, 0) is 29.1 Å². The second-order valence-electron chi connectivity index (χ2n) is 9.56. The Hall–Kier alpha value is -3.61. The van der Waals surface area contributed by atoms with Crippen LogP contribution in [0.3, 0.4) is 0 Å². The quantitative estimate of drug-likeness (QED) is 0.258. The van der Waals surface area contributed by atoms with Crippen LogP contribution in [0.4, 0.5) is 11.5 Å². The summed E-state index contributed by atoms with van der Waals surface area (Å²) < 4.78 is 34.3. The van der Waals surface area contributed by atoms with Gasteiger partial charge in [0.2, 0.25) is 22.3 Å². The first kappa shape index (κ1) is 29.9. The van der Waals surface area contributed by atoms with Gasteiger partial charge in [0.15, 0.2) is 0 Å². The van der Waals surface area contributed by atoms with Gasteiger partial charge in [-0.2, -0.15) is 0 Å². The molecule has 0 fully saturated rings. The lowest BCUT2D eigenvalue weighted by Gasteiger charge is -2.26. The molecule has 0 aliphatic heterocycles. The summed E-state index contributed by atoms with van der Waals surface area (Å²) in [5.41, 5.74) is 0.674. The van der Waals surface area contributed by atoms with Crippen molar-refractivity contribution < 1.29 is 27.5 Å². The number of rotatable bonds is 10. The fraction of sp³-hybridized carbons (Fsp3) is 0.259. The Labute approximate surface area is 236 Å².